The monoisotopic (exact) mass is 153 g/mol. The van der Waals surface area contributed by atoms with Gasteiger partial charge in [0.2, 0.25) is 5.91 Å². The van der Waals surface area contributed by atoms with Crippen molar-refractivity contribution >= 4 is 5.91 Å². The van der Waals surface area contributed by atoms with E-state index < -0.39 is 0 Å². The van der Waals surface area contributed by atoms with Gasteiger partial charge in [-0.25, -0.2) is 0 Å². The van der Waals surface area contributed by atoms with Gasteiger partial charge in [-0.3, -0.25) is 4.79 Å². The molecule has 2 fully saturated rings. The Morgan fingerprint density at radius 1 is 1.55 bits per heavy atom. The van der Waals surface area contributed by atoms with Crippen LogP contribution in [-0.4, -0.2) is 5.91 Å². The molecule has 2 saturated carbocycles. The summed E-state index contributed by atoms with van der Waals surface area (Å²) in [4.78, 5) is 11.1. The van der Waals surface area contributed by atoms with Crippen LogP contribution >= 0.6 is 0 Å². The molecule has 0 aliphatic heterocycles. The zero-order valence-corrected chi connectivity index (χ0v) is 6.97. The first kappa shape index (κ1) is 7.14. The second-order valence-electron chi connectivity index (χ2n) is 4.36. The summed E-state index contributed by atoms with van der Waals surface area (Å²) in [6.07, 6.45) is 4.85. The highest BCUT2D eigenvalue weighted by Gasteiger charge is 2.51. The summed E-state index contributed by atoms with van der Waals surface area (Å²) in [5.41, 5.74) is 5.23. The SMILES string of the molecule is CC1(C(N)=O)CC2CCC1C2. The molecular weight excluding hydrogens is 138 g/mol. The molecule has 0 saturated heterocycles. The minimum absolute atomic E-state index is 0.0790. The molecule has 1 amide bonds. The molecule has 2 heteroatoms. The third kappa shape index (κ3) is 0.815. The van der Waals surface area contributed by atoms with Crippen LogP contribution in [0.15, 0.2) is 0 Å². The Balaban J connectivity index is 2.23. The first-order valence-electron chi connectivity index (χ1n) is 4.43. The molecule has 2 aliphatic rings. The van der Waals surface area contributed by atoms with E-state index in [9.17, 15) is 4.79 Å². The lowest BCUT2D eigenvalue weighted by Crippen LogP contribution is -2.38. The fourth-order valence-electron chi connectivity index (χ4n) is 2.91. The predicted molar refractivity (Wildman–Crippen MR) is 42.7 cm³/mol. The van der Waals surface area contributed by atoms with Crippen LogP contribution in [0.25, 0.3) is 0 Å². The van der Waals surface area contributed by atoms with Gasteiger partial charge in [0.1, 0.15) is 0 Å². The van der Waals surface area contributed by atoms with Crippen LogP contribution in [-0.2, 0) is 4.79 Å². The summed E-state index contributed by atoms with van der Waals surface area (Å²) in [6, 6.07) is 0. The number of fused-ring (bicyclic) bond motifs is 2. The normalized spacial score (nSPS) is 48.1. The fourth-order valence-corrected chi connectivity index (χ4v) is 2.91. The Hall–Kier alpha value is -0.530. The lowest BCUT2D eigenvalue weighted by Gasteiger charge is -2.30. The lowest BCUT2D eigenvalue weighted by atomic mass is 9.74. The minimum Gasteiger partial charge on any atom is -0.369 e. The minimum atomic E-state index is -0.150. The molecule has 3 unspecified atom stereocenters. The van der Waals surface area contributed by atoms with Crippen molar-refractivity contribution in [3.63, 3.8) is 0 Å². The summed E-state index contributed by atoms with van der Waals surface area (Å²) in [6.45, 7) is 2.04. The van der Waals surface area contributed by atoms with Crippen LogP contribution in [0.3, 0.4) is 0 Å². The average molecular weight is 153 g/mol. The zero-order chi connectivity index (χ0) is 8.06. The van der Waals surface area contributed by atoms with E-state index in [-0.39, 0.29) is 11.3 Å². The number of hydrogen-bond donors (Lipinski definition) is 1. The van der Waals surface area contributed by atoms with Gasteiger partial charge in [0.25, 0.3) is 0 Å². The van der Waals surface area contributed by atoms with Gasteiger partial charge in [-0.1, -0.05) is 13.3 Å². The van der Waals surface area contributed by atoms with Crippen LogP contribution in [0.1, 0.15) is 32.6 Å². The second kappa shape index (κ2) is 1.99. The fraction of sp³-hybridized carbons (Fsp3) is 0.889. The van der Waals surface area contributed by atoms with E-state index in [0.717, 1.165) is 12.3 Å². The number of carbonyl (C=O) groups is 1. The lowest BCUT2D eigenvalue weighted by molar-refractivity contribution is -0.129. The van der Waals surface area contributed by atoms with Crippen LogP contribution < -0.4 is 5.73 Å². The topological polar surface area (TPSA) is 43.1 Å². The van der Waals surface area contributed by atoms with Crippen molar-refractivity contribution in [1.29, 1.82) is 0 Å². The molecule has 2 bridgehead atoms. The molecular formula is C9H15NO. The zero-order valence-electron chi connectivity index (χ0n) is 6.97. The molecule has 0 aromatic rings. The van der Waals surface area contributed by atoms with E-state index in [1.807, 2.05) is 6.92 Å². The van der Waals surface area contributed by atoms with Crippen molar-refractivity contribution in [3.8, 4) is 0 Å². The van der Waals surface area contributed by atoms with Gasteiger partial charge in [-0.2, -0.15) is 0 Å². The number of nitrogens with two attached hydrogens (primary N) is 1. The van der Waals surface area contributed by atoms with Gasteiger partial charge >= 0.3 is 0 Å². The van der Waals surface area contributed by atoms with Gasteiger partial charge < -0.3 is 5.73 Å². The van der Waals surface area contributed by atoms with Crippen molar-refractivity contribution in [1.82, 2.24) is 0 Å². The van der Waals surface area contributed by atoms with E-state index in [0.29, 0.717) is 5.92 Å². The summed E-state index contributed by atoms with van der Waals surface area (Å²) in [5, 5.41) is 0. The maximum Gasteiger partial charge on any atom is 0.223 e. The average Bonchev–Trinajstić information content (AvgIpc) is 2.45. The third-order valence-corrected chi connectivity index (χ3v) is 3.72. The van der Waals surface area contributed by atoms with Crippen molar-refractivity contribution in [2.45, 2.75) is 32.6 Å². The molecule has 2 rings (SSSR count). The van der Waals surface area contributed by atoms with Crippen LogP contribution in [0.5, 0.6) is 0 Å². The highest BCUT2D eigenvalue weighted by Crippen LogP contribution is 2.55. The Bertz CT molecular complexity index is 202. The van der Waals surface area contributed by atoms with Gasteiger partial charge in [0.15, 0.2) is 0 Å². The second-order valence-corrected chi connectivity index (χ2v) is 4.36. The maximum atomic E-state index is 11.1. The molecule has 0 heterocycles. The first-order chi connectivity index (χ1) is 5.13. The molecule has 2 N–H and O–H groups in total. The largest absolute Gasteiger partial charge is 0.369 e. The van der Waals surface area contributed by atoms with E-state index in [4.69, 9.17) is 5.73 Å². The third-order valence-electron chi connectivity index (χ3n) is 3.72. The molecule has 0 aromatic carbocycles. The molecule has 0 aromatic heterocycles. The molecule has 62 valence electrons. The van der Waals surface area contributed by atoms with Gasteiger partial charge in [0, 0.05) is 5.41 Å². The Kier molecular flexibility index (Phi) is 1.29. The Morgan fingerprint density at radius 3 is 2.55 bits per heavy atom. The van der Waals surface area contributed by atoms with Crippen molar-refractivity contribution in [2.75, 3.05) is 0 Å². The van der Waals surface area contributed by atoms with Crippen LogP contribution in [0.2, 0.25) is 0 Å². The smallest absolute Gasteiger partial charge is 0.223 e. The van der Waals surface area contributed by atoms with Gasteiger partial charge in [-0.05, 0) is 31.1 Å². The summed E-state index contributed by atoms with van der Waals surface area (Å²) < 4.78 is 0. The molecule has 11 heavy (non-hydrogen) atoms. The highest BCUT2D eigenvalue weighted by atomic mass is 16.1. The Labute approximate surface area is 67.1 Å². The Morgan fingerprint density at radius 2 is 2.27 bits per heavy atom. The molecule has 0 radical (unpaired) electrons. The number of amides is 1. The summed E-state index contributed by atoms with van der Waals surface area (Å²) >= 11 is 0. The van der Waals surface area contributed by atoms with Crippen LogP contribution in [0.4, 0.5) is 0 Å². The molecule has 2 nitrogen and oxygen atoms in total. The quantitative estimate of drug-likeness (QED) is 0.606. The van der Waals surface area contributed by atoms with E-state index >= 15 is 0 Å². The van der Waals surface area contributed by atoms with Gasteiger partial charge in [0.05, 0.1) is 0 Å². The standard InChI is InChI=1S/C9H15NO/c1-9(8(10)11)5-6-2-3-7(9)4-6/h6-7H,2-5H2,1H3,(H2,10,11). The van der Waals surface area contributed by atoms with E-state index in [1.165, 1.54) is 19.3 Å². The first-order valence-corrected chi connectivity index (χ1v) is 4.43. The predicted octanol–water partition coefficient (Wildman–Crippen LogP) is 1.30. The number of rotatable bonds is 1. The summed E-state index contributed by atoms with van der Waals surface area (Å²) in [5.74, 6) is 1.33. The van der Waals surface area contributed by atoms with Crippen molar-refractivity contribution < 1.29 is 4.79 Å². The maximum absolute atomic E-state index is 11.1. The number of primary amides is 1. The number of carbonyl (C=O) groups excluding carboxylic acids is 1. The highest BCUT2D eigenvalue weighted by molar-refractivity contribution is 5.81. The molecule has 0 spiro atoms. The van der Waals surface area contributed by atoms with Crippen molar-refractivity contribution in [3.05, 3.63) is 0 Å². The number of hydrogen-bond acceptors (Lipinski definition) is 1. The van der Waals surface area contributed by atoms with Crippen molar-refractivity contribution in [2.24, 2.45) is 23.0 Å². The molecule has 3 atom stereocenters. The van der Waals surface area contributed by atoms with Crippen LogP contribution in [0, 0.1) is 17.3 Å². The molecule has 2 aliphatic carbocycles. The van der Waals surface area contributed by atoms with Gasteiger partial charge in [-0.15, -0.1) is 0 Å². The van der Waals surface area contributed by atoms with E-state index in [1.54, 1.807) is 0 Å². The summed E-state index contributed by atoms with van der Waals surface area (Å²) in [7, 11) is 0. The van der Waals surface area contributed by atoms with E-state index in [2.05, 4.69) is 0 Å².